The van der Waals surface area contributed by atoms with Gasteiger partial charge in [0.15, 0.2) is 0 Å². The summed E-state index contributed by atoms with van der Waals surface area (Å²) in [7, 11) is 1.70. The molecule has 0 N–H and O–H groups in total. The molecule has 0 amide bonds. The third-order valence-corrected chi connectivity index (χ3v) is 2.27. The summed E-state index contributed by atoms with van der Waals surface area (Å²) in [5, 5.41) is 0. The van der Waals surface area contributed by atoms with E-state index in [2.05, 4.69) is 18.7 Å². The van der Waals surface area contributed by atoms with Crippen molar-refractivity contribution in [2.24, 2.45) is 0 Å². The van der Waals surface area contributed by atoms with E-state index in [-0.39, 0.29) is 6.10 Å². The van der Waals surface area contributed by atoms with Gasteiger partial charge in [-0.15, -0.1) is 0 Å². The van der Waals surface area contributed by atoms with Crippen molar-refractivity contribution in [3.05, 3.63) is 6.92 Å². The van der Waals surface area contributed by atoms with Gasteiger partial charge in [-0.3, -0.25) is 4.90 Å². The Kier molecular flexibility index (Phi) is 3.98. The topological polar surface area (TPSA) is 21.7 Å². The molecule has 1 radical (unpaired) electrons. The SMILES string of the molecule is [CH2]CN1CC(COC)OCC1C. The average Bonchev–Trinajstić information content (AvgIpc) is 2.09. The molecule has 3 heteroatoms. The first kappa shape index (κ1) is 9.96. The normalized spacial score (nSPS) is 32.2. The lowest BCUT2D eigenvalue weighted by Gasteiger charge is -2.36. The van der Waals surface area contributed by atoms with Gasteiger partial charge in [-0.05, 0) is 20.4 Å². The van der Waals surface area contributed by atoms with Gasteiger partial charge in [-0.1, -0.05) is 0 Å². The Morgan fingerprint density at radius 1 is 1.67 bits per heavy atom. The maximum Gasteiger partial charge on any atom is 0.0935 e. The summed E-state index contributed by atoms with van der Waals surface area (Å²) in [6.45, 7) is 9.32. The zero-order chi connectivity index (χ0) is 8.97. The highest BCUT2D eigenvalue weighted by atomic mass is 16.5. The van der Waals surface area contributed by atoms with Gasteiger partial charge in [0.1, 0.15) is 0 Å². The van der Waals surface area contributed by atoms with E-state index in [1.807, 2.05) is 0 Å². The summed E-state index contributed by atoms with van der Waals surface area (Å²) in [5.74, 6) is 0. The molecule has 0 bridgehead atoms. The van der Waals surface area contributed by atoms with Gasteiger partial charge >= 0.3 is 0 Å². The van der Waals surface area contributed by atoms with Crippen LogP contribution in [-0.2, 0) is 9.47 Å². The molecule has 0 aromatic rings. The van der Waals surface area contributed by atoms with E-state index in [9.17, 15) is 0 Å². The monoisotopic (exact) mass is 172 g/mol. The maximum absolute atomic E-state index is 5.57. The van der Waals surface area contributed by atoms with E-state index in [1.54, 1.807) is 7.11 Å². The number of rotatable bonds is 3. The van der Waals surface area contributed by atoms with E-state index in [0.29, 0.717) is 12.6 Å². The first-order valence-corrected chi connectivity index (χ1v) is 4.41. The Hall–Kier alpha value is -0.120. The largest absolute Gasteiger partial charge is 0.382 e. The number of hydrogen-bond acceptors (Lipinski definition) is 3. The quantitative estimate of drug-likeness (QED) is 0.621. The minimum atomic E-state index is 0.230. The van der Waals surface area contributed by atoms with Gasteiger partial charge < -0.3 is 9.47 Å². The predicted molar refractivity (Wildman–Crippen MR) is 48.0 cm³/mol. The molecule has 0 aliphatic carbocycles. The predicted octanol–water partition coefficient (Wildman–Crippen LogP) is 0.556. The summed E-state index contributed by atoms with van der Waals surface area (Å²) >= 11 is 0. The van der Waals surface area contributed by atoms with Gasteiger partial charge in [0.25, 0.3) is 0 Å². The van der Waals surface area contributed by atoms with Crippen molar-refractivity contribution in [1.82, 2.24) is 4.90 Å². The zero-order valence-corrected chi connectivity index (χ0v) is 7.95. The van der Waals surface area contributed by atoms with Crippen molar-refractivity contribution in [3.8, 4) is 0 Å². The fraction of sp³-hybridized carbons (Fsp3) is 0.889. The third-order valence-electron chi connectivity index (χ3n) is 2.27. The third kappa shape index (κ3) is 2.44. The van der Waals surface area contributed by atoms with E-state index >= 15 is 0 Å². The van der Waals surface area contributed by atoms with Crippen LogP contribution in [0.25, 0.3) is 0 Å². The van der Waals surface area contributed by atoms with Crippen molar-refractivity contribution < 1.29 is 9.47 Å². The molecule has 2 atom stereocenters. The molecule has 0 aromatic carbocycles. The molecule has 12 heavy (non-hydrogen) atoms. The van der Waals surface area contributed by atoms with Crippen molar-refractivity contribution in [1.29, 1.82) is 0 Å². The fourth-order valence-electron chi connectivity index (χ4n) is 1.47. The van der Waals surface area contributed by atoms with E-state index < -0.39 is 0 Å². The van der Waals surface area contributed by atoms with Gasteiger partial charge in [0, 0.05) is 19.7 Å². The molecule has 1 rings (SSSR count). The number of methoxy groups -OCH3 is 1. The smallest absolute Gasteiger partial charge is 0.0935 e. The summed E-state index contributed by atoms with van der Waals surface area (Å²) in [5.41, 5.74) is 0. The lowest BCUT2D eigenvalue weighted by atomic mass is 10.2. The number of ether oxygens (including phenoxy) is 2. The second-order valence-corrected chi connectivity index (χ2v) is 3.25. The van der Waals surface area contributed by atoms with Crippen LogP contribution in [0.2, 0.25) is 0 Å². The minimum absolute atomic E-state index is 0.230. The summed E-state index contributed by atoms with van der Waals surface area (Å²) in [4.78, 5) is 2.31. The van der Waals surface area contributed by atoms with Crippen LogP contribution in [-0.4, -0.2) is 50.5 Å². The molecule has 0 saturated carbocycles. The van der Waals surface area contributed by atoms with Crippen LogP contribution in [0, 0.1) is 6.92 Å². The molecular weight excluding hydrogens is 154 g/mol. The van der Waals surface area contributed by atoms with Gasteiger partial charge in [-0.2, -0.15) is 0 Å². The molecule has 0 spiro atoms. The average molecular weight is 172 g/mol. The molecule has 71 valence electrons. The highest BCUT2D eigenvalue weighted by Crippen LogP contribution is 2.10. The standard InChI is InChI=1S/C9H18NO2/c1-4-10-5-9(7-11-3)12-6-8(10)2/h8-9H,1,4-7H2,2-3H3. The molecular formula is C9H18NO2. The summed E-state index contributed by atoms with van der Waals surface area (Å²) < 4.78 is 10.6. The number of nitrogens with zero attached hydrogens (tertiary/aromatic N) is 1. The van der Waals surface area contributed by atoms with Crippen molar-refractivity contribution >= 4 is 0 Å². The van der Waals surface area contributed by atoms with Crippen molar-refractivity contribution in [2.45, 2.75) is 19.1 Å². The van der Waals surface area contributed by atoms with Crippen molar-refractivity contribution in [3.63, 3.8) is 0 Å². The zero-order valence-electron chi connectivity index (χ0n) is 7.95. The van der Waals surface area contributed by atoms with Crippen LogP contribution in [0.1, 0.15) is 6.92 Å². The van der Waals surface area contributed by atoms with Crippen LogP contribution < -0.4 is 0 Å². The Morgan fingerprint density at radius 2 is 2.42 bits per heavy atom. The Labute approximate surface area is 74.6 Å². The molecule has 0 aromatic heterocycles. The molecule has 1 aliphatic rings. The molecule has 1 aliphatic heterocycles. The van der Waals surface area contributed by atoms with Crippen LogP contribution >= 0.6 is 0 Å². The lowest BCUT2D eigenvalue weighted by molar-refractivity contribution is -0.0810. The lowest BCUT2D eigenvalue weighted by Crippen LogP contribution is -2.49. The first-order valence-electron chi connectivity index (χ1n) is 4.41. The fourth-order valence-corrected chi connectivity index (χ4v) is 1.47. The highest BCUT2D eigenvalue weighted by molar-refractivity contribution is 4.77. The Bertz CT molecular complexity index is 130. The summed E-state index contributed by atoms with van der Waals surface area (Å²) in [6, 6.07) is 0.496. The van der Waals surface area contributed by atoms with Crippen LogP contribution in [0.15, 0.2) is 0 Å². The molecule has 1 saturated heterocycles. The number of hydrogen-bond donors (Lipinski definition) is 0. The summed E-state index contributed by atoms with van der Waals surface area (Å²) in [6.07, 6.45) is 0.230. The molecule has 1 heterocycles. The van der Waals surface area contributed by atoms with Crippen LogP contribution in [0.5, 0.6) is 0 Å². The van der Waals surface area contributed by atoms with Gasteiger partial charge in [-0.25, -0.2) is 0 Å². The first-order chi connectivity index (χ1) is 5.77. The molecule has 2 unspecified atom stereocenters. The van der Waals surface area contributed by atoms with E-state index in [1.165, 1.54) is 0 Å². The Morgan fingerprint density at radius 3 is 3.00 bits per heavy atom. The maximum atomic E-state index is 5.57. The highest BCUT2D eigenvalue weighted by Gasteiger charge is 2.24. The number of morpholine rings is 1. The second-order valence-electron chi connectivity index (χ2n) is 3.25. The van der Waals surface area contributed by atoms with Crippen molar-refractivity contribution in [2.75, 3.05) is 33.4 Å². The van der Waals surface area contributed by atoms with Gasteiger partial charge in [0.05, 0.1) is 19.3 Å². The van der Waals surface area contributed by atoms with Crippen LogP contribution in [0.3, 0.4) is 0 Å². The van der Waals surface area contributed by atoms with Crippen LogP contribution in [0.4, 0.5) is 0 Å². The van der Waals surface area contributed by atoms with E-state index in [0.717, 1.165) is 19.7 Å². The molecule has 3 nitrogen and oxygen atoms in total. The van der Waals surface area contributed by atoms with E-state index in [4.69, 9.17) is 9.47 Å². The Balaban J connectivity index is 2.33. The minimum Gasteiger partial charge on any atom is -0.382 e. The second kappa shape index (κ2) is 4.80. The molecule has 1 fully saturated rings. The van der Waals surface area contributed by atoms with Gasteiger partial charge in [0.2, 0.25) is 0 Å².